The molecule has 1 heterocycles. The van der Waals surface area contributed by atoms with Gasteiger partial charge in [-0.3, -0.25) is 4.18 Å². The normalized spacial score (nSPS) is 20.7. The Morgan fingerprint density at radius 3 is 1.88 bits per heavy atom. The fraction of sp³-hybridized carbons (Fsp3) is 0.419. The van der Waals surface area contributed by atoms with Crippen molar-refractivity contribution in [2.24, 2.45) is 0 Å². The lowest BCUT2D eigenvalue weighted by molar-refractivity contribution is -0.231. The molecule has 3 atom stereocenters. The van der Waals surface area contributed by atoms with E-state index in [4.69, 9.17) is 9.47 Å². The van der Waals surface area contributed by atoms with Crippen molar-refractivity contribution in [1.29, 1.82) is 0 Å². The van der Waals surface area contributed by atoms with Crippen molar-refractivity contribution in [3.05, 3.63) is 96.6 Å². The Morgan fingerprint density at radius 2 is 1.40 bits per heavy atom. The molecular weight excluding hydrogens is 585 g/mol. The van der Waals surface area contributed by atoms with Crippen LogP contribution in [-0.4, -0.2) is 58.1 Å². The first-order chi connectivity index (χ1) is 19.6. The number of rotatable bonds is 10. The van der Waals surface area contributed by atoms with Crippen molar-refractivity contribution in [3.63, 3.8) is 0 Å². The number of hydrogen-bond donors (Lipinski definition) is 1. The summed E-state index contributed by atoms with van der Waals surface area (Å²) in [5, 5.41) is 0.862. The Hall–Kier alpha value is -2.54. The molecule has 0 spiro atoms. The van der Waals surface area contributed by atoms with Crippen LogP contribution in [0.1, 0.15) is 45.6 Å². The molecule has 0 unspecified atom stereocenters. The molecule has 0 aromatic heterocycles. The van der Waals surface area contributed by atoms with Gasteiger partial charge in [0.2, 0.25) is 0 Å². The summed E-state index contributed by atoms with van der Waals surface area (Å²) >= 11 is 0. The molecule has 0 radical (unpaired) electrons. The zero-order valence-electron chi connectivity index (χ0n) is 24.0. The quantitative estimate of drug-likeness (QED) is 0.192. The average molecular weight is 623 g/mol. The van der Waals surface area contributed by atoms with Crippen molar-refractivity contribution in [2.75, 3.05) is 13.2 Å². The summed E-state index contributed by atoms with van der Waals surface area (Å²) < 4.78 is 79.7. The first kappa shape index (κ1) is 32.4. The topological polar surface area (TPSA) is 82.1 Å². The first-order valence-corrected chi connectivity index (χ1v) is 17.1. The van der Waals surface area contributed by atoms with Crippen LogP contribution in [0.5, 0.6) is 0 Å². The van der Waals surface area contributed by atoms with Crippen molar-refractivity contribution < 1.29 is 40.0 Å². The van der Waals surface area contributed by atoms with Crippen molar-refractivity contribution in [2.45, 2.75) is 68.4 Å². The maximum Gasteiger partial charge on any atom is 0.523 e. The second kappa shape index (κ2) is 12.2. The zero-order valence-corrected chi connectivity index (χ0v) is 25.9. The largest absolute Gasteiger partial charge is 0.523 e. The van der Waals surface area contributed by atoms with Gasteiger partial charge in [0.05, 0.1) is 24.9 Å². The lowest BCUT2D eigenvalue weighted by Gasteiger charge is -2.48. The third-order valence-corrected chi connectivity index (χ3v) is 13.4. The minimum absolute atomic E-state index is 0.0290. The van der Waals surface area contributed by atoms with Crippen LogP contribution in [0.2, 0.25) is 5.04 Å². The number of hydrogen-bond acceptors (Lipinski definition) is 6. The minimum Gasteiger partial charge on any atom is -0.424 e. The van der Waals surface area contributed by atoms with E-state index in [0.29, 0.717) is 6.42 Å². The van der Waals surface area contributed by atoms with Crippen molar-refractivity contribution in [1.82, 2.24) is 0 Å². The molecule has 1 fully saturated rings. The highest BCUT2D eigenvalue weighted by Crippen LogP contribution is 2.47. The van der Waals surface area contributed by atoms with E-state index >= 15 is 0 Å². The van der Waals surface area contributed by atoms with Gasteiger partial charge in [0, 0.05) is 5.92 Å². The van der Waals surface area contributed by atoms with Gasteiger partial charge in [-0.15, -0.1) is 0 Å². The van der Waals surface area contributed by atoms with E-state index in [1.165, 1.54) is 0 Å². The summed E-state index contributed by atoms with van der Waals surface area (Å²) in [7, 11) is -9.33. The zero-order chi connectivity index (χ0) is 30.8. The summed E-state index contributed by atoms with van der Waals surface area (Å²) in [6.07, 6.45) is -1.67. The van der Waals surface area contributed by atoms with Crippen LogP contribution in [-0.2, 0) is 23.8 Å². The van der Waals surface area contributed by atoms with E-state index in [-0.39, 0.29) is 6.61 Å². The third kappa shape index (κ3) is 6.82. The molecule has 1 N–H and O–H groups in total. The average Bonchev–Trinajstić information content (AvgIpc) is 2.95. The maximum atomic E-state index is 13.1. The van der Waals surface area contributed by atoms with Crippen LogP contribution in [0.4, 0.5) is 13.2 Å². The van der Waals surface area contributed by atoms with Crippen LogP contribution in [0.25, 0.3) is 0 Å². The Labute approximate surface area is 246 Å². The smallest absolute Gasteiger partial charge is 0.424 e. The van der Waals surface area contributed by atoms with Gasteiger partial charge in [-0.1, -0.05) is 105 Å². The molecule has 6 nitrogen and oxygen atoms in total. The molecule has 0 bridgehead atoms. The van der Waals surface area contributed by atoms with E-state index in [1.807, 2.05) is 105 Å². The molecule has 1 aliphatic heterocycles. The van der Waals surface area contributed by atoms with Gasteiger partial charge in [-0.25, -0.2) is 0 Å². The lowest BCUT2D eigenvalue weighted by Crippen LogP contribution is -2.66. The maximum absolute atomic E-state index is 13.1. The Morgan fingerprint density at radius 1 is 0.929 bits per heavy atom. The first-order valence-electron chi connectivity index (χ1n) is 13.7. The van der Waals surface area contributed by atoms with E-state index in [9.17, 15) is 26.4 Å². The molecule has 228 valence electrons. The Kier molecular flexibility index (Phi) is 9.42. The fourth-order valence-electron chi connectivity index (χ4n) is 5.72. The molecule has 0 saturated carbocycles. The van der Waals surface area contributed by atoms with E-state index < -0.39 is 59.3 Å². The van der Waals surface area contributed by atoms with Gasteiger partial charge in [0.1, 0.15) is 6.10 Å². The van der Waals surface area contributed by atoms with Crippen LogP contribution in [0.3, 0.4) is 0 Å². The van der Waals surface area contributed by atoms with Crippen LogP contribution in [0, 0.1) is 0 Å². The number of ether oxygens (including phenoxy) is 2. The van der Waals surface area contributed by atoms with Crippen LogP contribution < -0.4 is 10.4 Å². The van der Waals surface area contributed by atoms with Crippen molar-refractivity contribution >= 4 is 28.8 Å². The highest BCUT2D eigenvalue weighted by molar-refractivity contribution is 7.87. The molecule has 42 heavy (non-hydrogen) atoms. The van der Waals surface area contributed by atoms with Gasteiger partial charge in [-0.05, 0) is 41.2 Å². The Bertz CT molecular complexity index is 1380. The van der Waals surface area contributed by atoms with Crippen LogP contribution in [0.15, 0.2) is 91.0 Å². The van der Waals surface area contributed by atoms with Gasteiger partial charge in [0.25, 0.3) is 8.32 Å². The second-order valence-electron chi connectivity index (χ2n) is 11.9. The molecule has 3 aromatic rings. The van der Waals surface area contributed by atoms with Gasteiger partial charge in [-0.2, -0.15) is 21.6 Å². The second-order valence-corrected chi connectivity index (χ2v) is 17.5. The summed E-state index contributed by atoms with van der Waals surface area (Å²) in [4.78, 5) is 12.8. The third-order valence-electron chi connectivity index (χ3n) is 7.85. The van der Waals surface area contributed by atoms with Gasteiger partial charge >= 0.3 is 15.6 Å². The summed E-state index contributed by atoms with van der Waals surface area (Å²) in [6, 6.07) is 28.3. The fourth-order valence-corrected chi connectivity index (χ4v) is 9.92. The molecule has 3 aromatic carbocycles. The molecule has 1 aliphatic rings. The lowest BCUT2D eigenvalue weighted by atomic mass is 9.82. The SMILES string of the molecule is CC1(C)CO[C@@H](COS(=O)(=O)C(F)(F)F)[C@H]([C@H](CC(C)(C)[Si](O)(c2ccccc2)c2ccccc2)c2ccccc2)O1. The predicted molar refractivity (Wildman–Crippen MR) is 158 cm³/mol. The summed E-state index contributed by atoms with van der Waals surface area (Å²) in [6.45, 7) is 6.74. The Balaban J connectivity index is 1.79. The van der Waals surface area contributed by atoms with Gasteiger partial charge in [0.15, 0.2) is 0 Å². The summed E-state index contributed by atoms with van der Waals surface area (Å²) in [5.74, 6) is -0.505. The highest BCUT2D eigenvalue weighted by Gasteiger charge is 2.54. The molecule has 11 heteroatoms. The standard InChI is InChI=1S/C31H37F3O6SSi/c1-29(2)22-38-27(21-39-41(35,36)31(32,33)34)28(40-29)26(23-14-8-5-9-15-23)20-30(3,4)42(37,24-16-10-6-11-17-24)25-18-12-7-13-19-25/h5-19,26-28,37H,20-22H2,1-4H3/t26-,27+,28+/m1/s1. The molecular formula is C31H37F3O6SSi. The molecule has 0 aliphatic carbocycles. The molecule has 4 rings (SSSR count). The monoisotopic (exact) mass is 622 g/mol. The van der Waals surface area contributed by atoms with E-state index in [1.54, 1.807) is 13.8 Å². The molecule has 1 saturated heterocycles. The number of alkyl halides is 3. The predicted octanol–water partition coefficient (Wildman–Crippen LogP) is 5.12. The van der Waals surface area contributed by atoms with Crippen molar-refractivity contribution in [3.8, 4) is 0 Å². The summed E-state index contributed by atoms with van der Waals surface area (Å²) in [5.41, 5.74) is -5.56. The van der Waals surface area contributed by atoms with Crippen LogP contribution >= 0.6 is 0 Å². The molecule has 0 amide bonds. The highest BCUT2D eigenvalue weighted by atomic mass is 32.2. The minimum atomic E-state index is -5.84. The van der Waals surface area contributed by atoms with E-state index in [2.05, 4.69) is 4.18 Å². The number of halogens is 3. The van der Waals surface area contributed by atoms with Gasteiger partial charge < -0.3 is 14.3 Å². The van der Waals surface area contributed by atoms with E-state index in [0.717, 1.165) is 15.9 Å². The number of benzene rings is 3.